The predicted molar refractivity (Wildman–Crippen MR) is 80.1 cm³/mol. The Morgan fingerprint density at radius 3 is 2.06 bits per heavy atom. The summed E-state index contributed by atoms with van der Waals surface area (Å²) in [5.74, 6) is 2.82. The van der Waals surface area contributed by atoms with Gasteiger partial charge in [0.05, 0.1) is 0 Å². The lowest BCUT2D eigenvalue weighted by Crippen LogP contribution is -2.36. The van der Waals surface area contributed by atoms with Crippen molar-refractivity contribution in [1.29, 1.82) is 0 Å². The first-order valence-electron chi connectivity index (χ1n) is 7.52. The van der Waals surface area contributed by atoms with E-state index in [1.54, 1.807) is 5.56 Å². The van der Waals surface area contributed by atoms with Crippen molar-refractivity contribution in [3.63, 3.8) is 0 Å². The van der Waals surface area contributed by atoms with Crippen LogP contribution < -0.4 is 0 Å². The Kier molecular flexibility index (Phi) is 3.84. The van der Waals surface area contributed by atoms with Crippen LogP contribution in [0.15, 0.2) is 6.07 Å². The molecule has 1 aromatic carbocycles. The molecule has 1 aliphatic carbocycles. The van der Waals surface area contributed by atoms with E-state index in [-0.39, 0.29) is 0 Å². The summed E-state index contributed by atoms with van der Waals surface area (Å²) in [6.07, 6.45) is 4.11. The van der Waals surface area contributed by atoms with Gasteiger partial charge in [0.1, 0.15) is 0 Å². The first-order chi connectivity index (χ1) is 8.45. The Hall–Kier alpha value is -0.780. The predicted octanol–water partition coefficient (Wildman–Crippen LogP) is 5.14. The van der Waals surface area contributed by atoms with Crippen molar-refractivity contribution < 1.29 is 0 Å². The summed E-state index contributed by atoms with van der Waals surface area (Å²) in [5, 5.41) is 0. The van der Waals surface area contributed by atoms with Gasteiger partial charge in [0.2, 0.25) is 0 Å². The van der Waals surface area contributed by atoms with E-state index in [1.165, 1.54) is 41.5 Å². The fraction of sp³-hybridized carbons (Fsp3) is 0.667. The molecule has 18 heavy (non-hydrogen) atoms. The maximum Gasteiger partial charge on any atom is -0.0240 e. The molecule has 0 N–H and O–H groups in total. The Morgan fingerprint density at radius 1 is 1.06 bits per heavy atom. The molecule has 0 heteroatoms. The number of rotatable bonds is 3. The van der Waals surface area contributed by atoms with Gasteiger partial charge in [-0.3, -0.25) is 0 Å². The van der Waals surface area contributed by atoms with Crippen LogP contribution in [0.2, 0.25) is 0 Å². The molecule has 0 radical (unpaired) electrons. The van der Waals surface area contributed by atoms with E-state index in [0.717, 1.165) is 17.8 Å². The average molecular weight is 244 g/mol. The molecule has 0 nitrogen and oxygen atoms in total. The SMILES string of the molecule is CCC1CC(C)C1Cc1c(C)c(C)cc(C)c1C. The first kappa shape index (κ1) is 13.6. The highest BCUT2D eigenvalue weighted by molar-refractivity contribution is 5.44. The summed E-state index contributed by atoms with van der Waals surface area (Å²) in [6, 6.07) is 2.34. The molecule has 0 aliphatic heterocycles. The third kappa shape index (κ3) is 2.22. The molecule has 0 bridgehead atoms. The van der Waals surface area contributed by atoms with Gasteiger partial charge in [0.15, 0.2) is 0 Å². The minimum absolute atomic E-state index is 0.925. The molecule has 0 aromatic heterocycles. The molecule has 0 spiro atoms. The standard InChI is InChI=1S/C18H28/c1-7-16-9-13(4)17(16)10-18-14(5)11(2)8-12(3)15(18)6/h8,13,16-17H,7,9-10H2,1-6H3. The molecule has 1 aliphatic rings. The van der Waals surface area contributed by atoms with Crippen LogP contribution in [0.25, 0.3) is 0 Å². The molecule has 0 saturated heterocycles. The minimum atomic E-state index is 0.925. The lowest BCUT2D eigenvalue weighted by atomic mass is 9.62. The fourth-order valence-corrected chi connectivity index (χ4v) is 3.77. The summed E-state index contributed by atoms with van der Waals surface area (Å²) >= 11 is 0. The van der Waals surface area contributed by atoms with Gasteiger partial charge in [0, 0.05) is 0 Å². The molecule has 1 aromatic rings. The number of hydrogen-bond acceptors (Lipinski definition) is 0. The summed E-state index contributed by atoms with van der Waals surface area (Å²) in [5.41, 5.74) is 7.64. The Bertz CT molecular complexity index is 416. The van der Waals surface area contributed by atoms with Crippen LogP contribution in [-0.2, 0) is 6.42 Å². The number of aryl methyl sites for hydroxylation is 2. The highest BCUT2D eigenvalue weighted by Gasteiger charge is 2.36. The highest BCUT2D eigenvalue weighted by atomic mass is 14.4. The zero-order chi connectivity index (χ0) is 13.4. The second kappa shape index (κ2) is 5.07. The van der Waals surface area contributed by atoms with Gasteiger partial charge in [0.25, 0.3) is 0 Å². The smallest absolute Gasteiger partial charge is 0.0240 e. The van der Waals surface area contributed by atoms with Crippen molar-refractivity contribution in [1.82, 2.24) is 0 Å². The lowest BCUT2D eigenvalue weighted by molar-refractivity contribution is 0.0822. The van der Waals surface area contributed by atoms with E-state index in [1.807, 2.05) is 0 Å². The van der Waals surface area contributed by atoms with Crippen LogP contribution >= 0.6 is 0 Å². The second-order valence-corrected chi connectivity index (χ2v) is 6.49. The van der Waals surface area contributed by atoms with E-state index >= 15 is 0 Å². The van der Waals surface area contributed by atoms with Gasteiger partial charge in [-0.2, -0.15) is 0 Å². The Balaban J connectivity index is 2.29. The second-order valence-electron chi connectivity index (χ2n) is 6.49. The summed E-state index contributed by atoms with van der Waals surface area (Å²) in [7, 11) is 0. The van der Waals surface area contributed by atoms with Crippen LogP contribution in [0, 0.1) is 45.4 Å². The molecular weight excluding hydrogens is 216 g/mol. The van der Waals surface area contributed by atoms with E-state index in [0.29, 0.717) is 0 Å². The summed E-state index contributed by atoms with van der Waals surface area (Å²) in [4.78, 5) is 0. The molecule has 100 valence electrons. The molecule has 1 saturated carbocycles. The highest BCUT2D eigenvalue weighted by Crippen LogP contribution is 2.44. The Morgan fingerprint density at radius 2 is 1.61 bits per heavy atom. The van der Waals surface area contributed by atoms with Crippen molar-refractivity contribution in [2.75, 3.05) is 0 Å². The van der Waals surface area contributed by atoms with Crippen LogP contribution in [0.4, 0.5) is 0 Å². The third-order valence-corrected chi connectivity index (χ3v) is 5.50. The normalized spacial score (nSPS) is 27.1. The monoisotopic (exact) mass is 244 g/mol. The van der Waals surface area contributed by atoms with Crippen LogP contribution in [0.5, 0.6) is 0 Å². The van der Waals surface area contributed by atoms with Crippen molar-refractivity contribution in [3.05, 3.63) is 33.9 Å². The Labute approximate surface area is 113 Å². The van der Waals surface area contributed by atoms with E-state index in [4.69, 9.17) is 0 Å². The van der Waals surface area contributed by atoms with Crippen LogP contribution in [0.1, 0.15) is 54.5 Å². The molecule has 0 heterocycles. The van der Waals surface area contributed by atoms with Crippen LogP contribution in [0.3, 0.4) is 0 Å². The van der Waals surface area contributed by atoms with E-state index < -0.39 is 0 Å². The minimum Gasteiger partial charge on any atom is -0.0651 e. The summed E-state index contributed by atoms with van der Waals surface area (Å²) in [6.45, 7) is 13.9. The quantitative estimate of drug-likeness (QED) is 0.690. The van der Waals surface area contributed by atoms with Gasteiger partial charge in [-0.15, -0.1) is 0 Å². The lowest BCUT2D eigenvalue weighted by Gasteiger charge is -2.43. The van der Waals surface area contributed by atoms with Crippen molar-refractivity contribution in [2.45, 2.75) is 60.8 Å². The van der Waals surface area contributed by atoms with Gasteiger partial charge in [-0.25, -0.2) is 0 Å². The van der Waals surface area contributed by atoms with Gasteiger partial charge in [-0.05, 0) is 86.1 Å². The molecule has 0 amide bonds. The van der Waals surface area contributed by atoms with Crippen molar-refractivity contribution in [2.24, 2.45) is 17.8 Å². The molecular formula is C18H28. The largest absolute Gasteiger partial charge is 0.0651 e. The van der Waals surface area contributed by atoms with Gasteiger partial charge < -0.3 is 0 Å². The van der Waals surface area contributed by atoms with Gasteiger partial charge >= 0.3 is 0 Å². The third-order valence-electron chi connectivity index (χ3n) is 5.50. The topological polar surface area (TPSA) is 0 Å². The van der Waals surface area contributed by atoms with Crippen molar-refractivity contribution in [3.8, 4) is 0 Å². The number of hydrogen-bond donors (Lipinski definition) is 0. The number of benzene rings is 1. The summed E-state index contributed by atoms with van der Waals surface area (Å²) < 4.78 is 0. The average Bonchev–Trinajstić information content (AvgIpc) is 2.33. The van der Waals surface area contributed by atoms with E-state index in [9.17, 15) is 0 Å². The molecule has 1 fully saturated rings. The molecule has 3 unspecified atom stereocenters. The maximum absolute atomic E-state index is 2.43. The van der Waals surface area contributed by atoms with Gasteiger partial charge in [-0.1, -0.05) is 26.3 Å². The van der Waals surface area contributed by atoms with Crippen LogP contribution in [-0.4, -0.2) is 0 Å². The fourth-order valence-electron chi connectivity index (χ4n) is 3.77. The van der Waals surface area contributed by atoms with E-state index in [2.05, 4.69) is 47.6 Å². The van der Waals surface area contributed by atoms with Crippen molar-refractivity contribution >= 4 is 0 Å². The first-order valence-corrected chi connectivity index (χ1v) is 7.52. The maximum atomic E-state index is 2.43. The zero-order valence-electron chi connectivity index (χ0n) is 12.9. The molecule has 3 atom stereocenters. The zero-order valence-corrected chi connectivity index (χ0v) is 12.9. The molecule has 2 rings (SSSR count).